The fourth-order valence-electron chi connectivity index (χ4n) is 6.27. The van der Waals surface area contributed by atoms with Gasteiger partial charge in [-0.3, -0.25) is 20.0 Å². The van der Waals surface area contributed by atoms with E-state index < -0.39 is 24.5 Å². The predicted octanol–water partition coefficient (Wildman–Crippen LogP) is 5.61. The summed E-state index contributed by atoms with van der Waals surface area (Å²) in [5, 5.41) is 14.1. The monoisotopic (exact) mass is 681 g/mol. The van der Waals surface area contributed by atoms with E-state index in [1.165, 1.54) is 36.1 Å². The topological polar surface area (TPSA) is 131 Å². The molecule has 0 saturated carbocycles. The molecule has 254 valence electrons. The van der Waals surface area contributed by atoms with Gasteiger partial charge in [-0.25, -0.2) is 23.1 Å². The number of nitrogens with two attached hydrogens (primary N) is 1. The number of hydrogen-bond acceptors (Lipinski definition) is 9. The van der Waals surface area contributed by atoms with Crippen molar-refractivity contribution in [2.75, 3.05) is 43.9 Å². The van der Waals surface area contributed by atoms with Crippen molar-refractivity contribution in [3.05, 3.63) is 76.3 Å². The molecule has 2 aliphatic heterocycles. The highest BCUT2D eigenvalue weighted by Gasteiger charge is 2.32. The number of fused-ring (bicyclic) bond motifs is 1. The standard InChI is InChI=1S/C34H38F3N7O3S/c1-20-25(22-2-4-24(5-3-22)47-12-11-43-9-6-21(18-45)7-10-43)15-26(32(36)37)27(29(20)38)16-40-31(33(46)42-34-39-8-13-48-34)30-28-14-23(35)17-44(28)19-41-30/h2-5,8,13,15-16,19,21,23,31-32,45H,6-7,9-12,14,17-18,38H2,1H3,(H,39,42,46)/t23-,31?/m1/s1. The summed E-state index contributed by atoms with van der Waals surface area (Å²) in [6, 6.07) is 7.37. The number of aliphatic imine (C=N–C) groups is 1. The number of likely N-dealkylation sites (tertiary alicyclic amines) is 1. The largest absolute Gasteiger partial charge is 0.492 e. The number of halogens is 3. The van der Waals surface area contributed by atoms with E-state index in [1.807, 2.05) is 12.1 Å². The molecule has 2 aromatic carbocycles. The van der Waals surface area contributed by atoms with Gasteiger partial charge in [0.25, 0.3) is 12.3 Å². The first kappa shape index (κ1) is 33.6. The van der Waals surface area contributed by atoms with Gasteiger partial charge in [-0.05, 0) is 73.7 Å². The number of aliphatic hydroxyl groups excluding tert-OH is 1. The van der Waals surface area contributed by atoms with Gasteiger partial charge in [0.15, 0.2) is 11.2 Å². The average Bonchev–Trinajstić information content (AvgIpc) is 3.82. The molecule has 4 aromatic rings. The van der Waals surface area contributed by atoms with Gasteiger partial charge in [0.05, 0.1) is 18.6 Å². The summed E-state index contributed by atoms with van der Waals surface area (Å²) >= 11 is 1.21. The first-order valence-corrected chi connectivity index (χ1v) is 16.8. The molecule has 6 rings (SSSR count). The summed E-state index contributed by atoms with van der Waals surface area (Å²) in [7, 11) is 0. The lowest BCUT2D eigenvalue weighted by Gasteiger charge is -2.30. The van der Waals surface area contributed by atoms with Crippen molar-refractivity contribution in [3.63, 3.8) is 0 Å². The SMILES string of the molecule is Cc1c(-c2ccc(OCCN3CCC(CO)CC3)cc2)cc(C(F)F)c(C=NC(C(=O)Nc2nccs2)c2ncn3c2C[C@@H](F)C3)c1N. The second-order valence-corrected chi connectivity index (χ2v) is 13.0. The van der Waals surface area contributed by atoms with Crippen LogP contribution in [-0.4, -0.2) is 75.7 Å². The van der Waals surface area contributed by atoms with Crippen LogP contribution in [0.5, 0.6) is 5.75 Å². The maximum absolute atomic E-state index is 14.6. The van der Waals surface area contributed by atoms with Crippen LogP contribution in [0.25, 0.3) is 11.1 Å². The highest BCUT2D eigenvalue weighted by molar-refractivity contribution is 7.13. The number of nitrogens with zero attached hydrogens (tertiary/aromatic N) is 5. The Labute approximate surface area is 280 Å². The van der Waals surface area contributed by atoms with E-state index in [-0.39, 0.29) is 42.1 Å². The number of carbonyl (C=O) groups excluding carboxylic acids is 1. The van der Waals surface area contributed by atoms with Gasteiger partial charge in [-0.2, -0.15) is 0 Å². The molecule has 1 amide bonds. The Morgan fingerprint density at radius 2 is 2.02 bits per heavy atom. The number of ether oxygens (including phenoxy) is 1. The number of aliphatic hydroxyl groups is 1. The number of alkyl halides is 3. The van der Waals surface area contributed by atoms with Crippen LogP contribution in [-0.2, 0) is 17.8 Å². The van der Waals surface area contributed by atoms with E-state index >= 15 is 0 Å². The fraction of sp³-hybridized carbons (Fsp3) is 0.412. The highest BCUT2D eigenvalue weighted by Crippen LogP contribution is 2.37. The summed E-state index contributed by atoms with van der Waals surface area (Å²) in [6.45, 7) is 5.27. The second-order valence-electron chi connectivity index (χ2n) is 12.1. The van der Waals surface area contributed by atoms with Gasteiger partial charge < -0.3 is 20.1 Å². The molecule has 2 aromatic heterocycles. The summed E-state index contributed by atoms with van der Waals surface area (Å²) < 4.78 is 50.9. The average molecular weight is 682 g/mol. The number of piperidine rings is 1. The third-order valence-electron chi connectivity index (χ3n) is 9.06. The zero-order valence-electron chi connectivity index (χ0n) is 26.5. The normalized spacial score (nSPS) is 17.7. The van der Waals surface area contributed by atoms with Gasteiger partial charge in [0.1, 0.15) is 18.5 Å². The van der Waals surface area contributed by atoms with Gasteiger partial charge in [-0.1, -0.05) is 12.1 Å². The Balaban J connectivity index is 1.22. The predicted molar refractivity (Wildman–Crippen MR) is 180 cm³/mol. The maximum Gasteiger partial charge on any atom is 0.264 e. The summed E-state index contributed by atoms with van der Waals surface area (Å²) in [5.41, 5.74) is 8.86. The Hall–Kier alpha value is -4.27. The molecule has 1 unspecified atom stereocenters. The zero-order chi connectivity index (χ0) is 33.8. The molecule has 10 nitrogen and oxygen atoms in total. The number of nitrogen functional groups attached to an aromatic ring is 1. The van der Waals surface area contributed by atoms with Crippen molar-refractivity contribution in [3.8, 4) is 16.9 Å². The van der Waals surface area contributed by atoms with Gasteiger partial charge in [0, 0.05) is 59.9 Å². The molecule has 14 heteroatoms. The van der Waals surface area contributed by atoms with Crippen molar-refractivity contribution < 1.29 is 27.8 Å². The third kappa shape index (κ3) is 7.40. The van der Waals surface area contributed by atoms with Crippen LogP contribution in [0.2, 0.25) is 0 Å². The van der Waals surface area contributed by atoms with Crippen LogP contribution in [0.3, 0.4) is 0 Å². The van der Waals surface area contributed by atoms with E-state index in [9.17, 15) is 23.1 Å². The summed E-state index contributed by atoms with van der Waals surface area (Å²) in [6.07, 6.45) is 2.21. The molecule has 48 heavy (non-hydrogen) atoms. The van der Waals surface area contributed by atoms with Crippen molar-refractivity contribution in [1.82, 2.24) is 19.4 Å². The van der Waals surface area contributed by atoms with Crippen molar-refractivity contribution in [2.24, 2.45) is 10.9 Å². The van der Waals surface area contributed by atoms with Crippen LogP contribution in [0.4, 0.5) is 24.0 Å². The zero-order valence-corrected chi connectivity index (χ0v) is 27.3. The molecule has 0 spiro atoms. The van der Waals surface area contributed by atoms with Gasteiger partial charge in [0.2, 0.25) is 0 Å². The number of thiazole rings is 1. The number of hydrogen-bond donors (Lipinski definition) is 3. The quantitative estimate of drug-likeness (QED) is 0.131. The number of aromatic nitrogens is 3. The van der Waals surface area contributed by atoms with Crippen LogP contribution in [0, 0.1) is 12.8 Å². The number of amides is 1. The Bertz CT molecular complexity index is 1740. The molecule has 4 N–H and O–H groups in total. The van der Waals surface area contributed by atoms with E-state index in [2.05, 4.69) is 25.2 Å². The van der Waals surface area contributed by atoms with E-state index in [4.69, 9.17) is 10.5 Å². The lowest BCUT2D eigenvalue weighted by atomic mass is 9.92. The van der Waals surface area contributed by atoms with E-state index in [0.29, 0.717) is 45.8 Å². The molecular formula is C34H38F3N7O3S. The van der Waals surface area contributed by atoms with Crippen molar-refractivity contribution in [1.29, 1.82) is 0 Å². The first-order valence-electron chi connectivity index (χ1n) is 15.9. The Morgan fingerprint density at radius 1 is 1.25 bits per heavy atom. The van der Waals surface area contributed by atoms with Gasteiger partial charge in [-0.15, -0.1) is 11.3 Å². The molecule has 4 heterocycles. The first-order chi connectivity index (χ1) is 23.2. The molecule has 0 aliphatic carbocycles. The third-order valence-corrected chi connectivity index (χ3v) is 9.75. The molecule has 1 fully saturated rings. The minimum absolute atomic E-state index is 0.000460. The Kier molecular flexibility index (Phi) is 10.4. The summed E-state index contributed by atoms with van der Waals surface area (Å²) in [5.74, 6) is 0.468. The van der Waals surface area contributed by atoms with Gasteiger partial charge >= 0.3 is 0 Å². The molecule has 2 atom stereocenters. The molecule has 0 bridgehead atoms. The van der Waals surface area contributed by atoms with Crippen LogP contribution in [0.1, 0.15) is 53.4 Å². The summed E-state index contributed by atoms with van der Waals surface area (Å²) in [4.78, 5) is 28.6. The minimum atomic E-state index is -2.88. The Morgan fingerprint density at radius 3 is 2.71 bits per heavy atom. The van der Waals surface area contributed by atoms with Crippen molar-refractivity contribution in [2.45, 2.75) is 51.4 Å². The minimum Gasteiger partial charge on any atom is -0.492 e. The number of carbonyl (C=O) groups is 1. The lowest BCUT2D eigenvalue weighted by molar-refractivity contribution is -0.117. The number of anilines is 2. The number of benzene rings is 2. The molecule has 2 aliphatic rings. The maximum atomic E-state index is 14.6. The second kappa shape index (κ2) is 14.9. The van der Waals surface area contributed by atoms with Crippen LogP contribution in [0.15, 0.2) is 53.2 Å². The number of imidazole rings is 1. The van der Waals surface area contributed by atoms with Crippen molar-refractivity contribution >= 4 is 34.3 Å². The highest BCUT2D eigenvalue weighted by atomic mass is 32.1. The van der Waals surface area contributed by atoms with E-state index in [0.717, 1.165) is 32.5 Å². The number of nitrogens with one attached hydrogen (secondary N) is 1. The molecular weight excluding hydrogens is 643 g/mol. The molecule has 0 radical (unpaired) electrons. The molecule has 1 saturated heterocycles. The fourth-order valence-corrected chi connectivity index (χ4v) is 6.81. The van der Waals surface area contributed by atoms with Crippen LogP contribution >= 0.6 is 11.3 Å². The smallest absolute Gasteiger partial charge is 0.264 e. The lowest BCUT2D eigenvalue weighted by Crippen LogP contribution is -2.37. The van der Waals surface area contributed by atoms with Crippen LogP contribution < -0.4 is 15.8 Å². The van der Waals surface area contributed by atoms with E-state index in [1.54, 1.807) is 29.0 Å². The number of rotatable bonds is 12.